The number of rotatable bonds is 9. The third-order valence-corrected chi connectivity index (χ3v) is 3.42. The molecule has 0 aliphatic heterocycles. The van der Waals surface area contributed by atoms with Crippen molar-refractivity contribution in [1.82, 2.24) is 15.6 Å². The standard InChI is InChI=1S/C19H25FN4O.HI/c1-2-21-19(24-15-17-7-3-4-12-22-17)23-13-5-6-14-25-18-10-8-16(20)9-11-18;/h3-4,7-12H,2,5-6,13-15H2,1H3,(H2,21,23,24);1H. The smallest absolute Gasteiger partial charge is 0.191 e. The molecule has 0 saturated carbocycles. The molecule has 7 heteroatoms. The molecule has 26 heavy (non-hydrogen) atoms. The number of hydrogen-bond acceptors (Lipinski definition) is 3. The Morgan fingerprint density at radius 3 is 2.62 bits per heavy atom. The van der Waals surface area contributed by atoms with Crippen LogP contribution in [0.4, 0.5) is 4.39 Å². The Hall–Kier alpha value is -1.90. The van der Waals surface area contributed by atoms with E-state index < -0.39 is 0 Å². The Balaban J connectivity index is 0.00000338. The maximum atomic E-state index is 12.8. The summed E-state index contributed by atoms with van der Waals surface area (Å²) in [5.74, 6) is 1.23. The predicted molar refractivity (Wildman–Crippen MR) is 114 cm³/mol. The van der Waals surface area contributed by atoms with Gasteiger partial charge in [0.15, 0.2) is 5.96 Å². The summed E-state index contributed by atoms with van der Waals surface area (Å²) < 4.78 is 18.4. The van der Waals surface area contributed by atoms with Crippen molar-refractivity contribution in [3.63, 3.8) is 0 Å². The Morgan fingerprint density at radius 2 is 1.92 bits per heavy atom. The Morgan fingerprint density at radius 1 is 1.12 bits per heavy atom. The Kier molecular flexibility index (Phi) is 11.3. The fourth-order valence-electron chi connectivity index (χ4n) is 2.15. The summed E-state index contributed by atoms with van der Waals surface area (Å²) in [7, 11) is 0. The van der Waals surface area contributed by atoms with Crippen LogP contribution in [0.1, 0.15) is 25.5 Å². The van der Waals surface area contributed by atoms with Gasteiger partial charge in [-0.15, -0.1) is 24.0 Å². The van der Waals surface area contributed by atoms with Gasteiger partial charge in [0.1, 0.15) is 11.6 Å². The number of guanidine groups is 1. The highest BCUT2D eigenvalue weighted by molar-refractivity contribution is 14.0. The van der Waals surface area contributed by atoms with Gasteiger partial charge in [-0.05, 0) is 56.2 Å². The zero-order valence-corrected chi connectivity index (χ0v) is 17.3. The molecular weight excluding hydrogens is 446 g/mol. The number of ether oxygens (including phenoxy) is 1. The van der Waals surface area contributed by atoms with Crippen LogP contribution in [0.2, 0.25) is 0 Å². The molecule has 0 bridgehead atoms. The second-order valence-electron chi connectivity index (χ2n) is 5.45. The number of nitrogens with one attached hydrogen (secondary N) is 2. The second-order valence-corrected chi connectivity index (χ2v) is 5.45. The molecule has 0 atom stereocenters. The van der Waals surface area contributed by atoms with Crippen LogP contribution in [0.25, 0.3) is 0 Å². The molecule has 5 nitrogen and oxygen atoms in total. The fourth-order valence-corrected chi connectivity index (χ4v) is 2.15. The van der Waals surface area contributed by atoms with Gasteiger partial charge in [-0.2, -0.15) is 0 Å². The highest BCUT2D eigenvalue weighted by Crippen LogP contribution is 2.11. The average Bonchev–Trinajstić information content (AvgIpc) is 2.64. The maximum Gasteiger partial charge on any atom is 0.191 e. The third kappa shape index (κ3) is 8.98. The lowest BCUT2D eigenvalue weighted by Crippen LogP contribution is -2.37. The van der Waals surface area contributed by atoms with E-state index in [9.17, 15) is 4.39 Å². The van der Waals surface area contributed by atoms with Gasteiger partial charge in [0.25, 0.3) is 0 Å². The highest BCUT2D eigenvalue weighted by atomic mass is 127. The molecule has 1 aromatic carbocycles. The van der Waals surface area contributed by atoms with E-state index in [4.69, 9.17) is 4.74 Å². The van der Waals surface area contributed by atoms with Gasteiger partial charge in [-0.1, -0.05) is 6.07 Å². The number of hydrogen-bond donors (Lipinski definition) is 2. The molecule has 2 N–H and O–H groups in total. The monoisotopic (exact) mass is 472 g/mol. The SMILES string of the molecule is CCNC(=NCc1ccccn1)NCCCCOc1ccc(F)cc1.I. The summed E-state index contributed by atoms with van der Waals surface area (Å²) in [4.78, 5) is 8.79. The minimum atomic E-state index is -0.252. The highest BCUT2D eigenvalue weighted by Gasteiger charge is 1.99. The van der Waals surface area contributed by atoms with Crippen LogP contribution < -0.4 is 15.4 Å². The molecule has 0 amide bonds. The zero-order valence-electron chi connectivity index (χ0n) is 15.0. The van der Waals surface area contributed by atoms with E-state index in [0.717, 1.165) is 37.6 Å². The first-order valence-corrected chi connectivity index (χ1v) is 8.58. The van der Waals surface area contributed by atoms with E-state index in [0.29, 0.717) is 18.9 Å². The molecule has 2 aromatic rings. The van der Waals surface area contributed by atoms with Crippen LogP contribution in [-0.2, 0) is 6.54 Å². The molecule has 0 unspecified atom stereocenters. The first kappa shape index (κ1) is 22.1. The van der Waals surface area contributed by atoms with Gasteiger partial charge in [0, 0.05) is 19.3 Å². The number of pyridine rings is 1. The number of aliphatic imine (C=N–C) groups is 1. The van der Waals surface area contributed by atoms with Crippen molar-refractivity contribution in [3.05, 3.63) is 60.2 Å². The lowest BCUT2D eigenvalue weighted by Gasteiger charge is -2.11. The van der Waals surface area contributed by atoms with Crippen LogP contribution in [0.3, 0.4) is 0 Å². The van der Waals surface area contributed by atoms with Crippen molar-refractivity contribution < 1.29 is 9.13 Å². The summed E-state index contributed by atoms with van der Waals surface area (Å²) in [6, 6.07) is 11.9. The first-order chi connectivity index (χ1) is 12.3. The lowest BCUT2D eigenvalue weighted by atomic mass is 10.3. The van der Waals surface area contributed by atoms with Crippen LogP contribution in [-0.4, -0.2) is 30.6 Å². The van der Waals surface area contributed by atoms with Crippen LogP contribution >= 0.6 is 24.0 Å². The van der Waals surface area contributed by atoms with Gasteiger partial charge in [-0.25, -0.2) is 9.38 Å². The predicted octanol–water partition coefficient (Wildman–Crippen LogP) is 3.75. The van der Waals surface area contributed by atoms with Crippen molar-refractivity contribution in [2.75, 3.05) is 19.7 Å². The summed E-state index contributed by atoms with van der Waals surface area (Å²) >= 11 is 0. The number of benzene rings is 1. The van der Waals surface area contributed by atoms with Crippen molar-refractivity contribution in [3.8, 4) is 5.75 Å². The molecule has 0 spiro atoms. The van der Waals surface area contributed by atoms with Crippen LogP contribution in [0.5, 0.6) is 5.75 Å². The molecule has 0 aliphatic carbocycles. The normalized spacial score (nSPS) is 10.8. The van der Waals surface area contributed by atoms with Crippen molar-refractivity contribution in [1.29, 1.82) is 0 Å². The van der Waals surface area contributed by atoms with Crippen molar-refractivity contribution >= 4 is 29.9 Å². The number of aromatic nitrogens is 1. The molecule has 1 aromatic heterocycles. The van der Waals surface area contributed by atoms with Crippen molar-refractivity contribution in [2.45, 2.75) is 26.3 Å². The maximum absolute atomic E-state index is 12.8. The van der Waals surface area contributed by atoms with E-state index >= 15 is 0 Å². The van der Waals surface area contributed by atoms with Gasteiger partial charge >= 0.3 is 0 Å². The summed E-state index contributed by atoms with van der Waals surface area (Å²) in [5.41, 5.74) is 0.937. The average molecular weight is 472 g/mol. The fraction of sp³-hybridized carbons (Fsp3) is 0.368. The molecule has 142 valence electrons. The quantitative estimate of drug-likeness (QED) is 0.253. The minimum Gasteiger partial charge on any atom is -0.494 e. The largest absolute Gasteiger partial charge is 0.494 e. The number of halogens is 2. The number of nitrogens with zero attached hydrogens (tertiary/aromatic N) is 2. The molecule has 0 radical (unpaired) electrons. The van der Waals surface area contributed by atoms with Gasteiger partial charge in [-0.3, -0.25) is 4.98 Å². The molecule has 0 fully saturated rings. The zero-order chi connectivity index (χ0) is 17.7. The van der Waals surface area contributed by atoms with Gasteiger partial charge < -0.3 is 15.4 Å². The lowest BCUT2D eigenvalue weighted by molar-refractivity contribution is 0.306. The minimum absolute atomic E-state index is 0. The molecule has 2 rings (SSSR count). The van der Waals surface area contributed by atoms with Crippen LogP contribution in [0.15, 0.2) is 53.7 Å². The Bertz CT molecular complexity index is 638. The van der Waals surface area contributed by atoms with E-state index in [1.54, 1.807) is 18.3 Å². The second kappa shape index (κ2) is 13.3. The van der Waals surface area contributed by atoms with Gasteiger partial charge in [0.05, 0.1) is 18.8 Å². The summed E-state index contributed by atoms with van der Waals surface area (Å²) in [5, 5.41) is 6.52. The van der Waals surface area contributed by atoms with E-state index in [1.165, 1.54) is 12.1 Å². The first-order valence-electron chi connectivity index (χ1n) is 8.58. The Labute approximate surface area is 171 Å². The van der Waals surface area contributed by atoms with Gasteiger partial charge in [0.2, 0.25) is 0 Å². The van der Waals surface area contributed by atoms with Crippen LogP contribution in [0, 0.1) is 5.82 Å². The number of unbranched alkanes of at least 4 members (excludes halogenated alkanes) is 1. The van der Waals surface area contributed by atoms with E-state index in [1.807, 2.05) is 25.1 Å². The molecular formula is C19H26FIN4O. The summed E-state index contributed by atoms with van der Waals surface area (Å²) in [6.07, 6.45) is 3.63. The van der Waals surface area contributed by atoms with E-state index in [2.05, 4.69) is 20.6 Å². The molecule has 0 saturated heterocycles. The molecule has 1 heterocycles. The summed E-state index contributed by atoms with van der Waals surface area (Å²) in [6.45, 7) is 4.80. The van der Waals surface area contributed by atoms with E-state index in [-0.39, 0.29) is 29.8 Å². The molecule has 0 aliphatic rings. The van der Waals surface area contributed by atoms with Crippen molar-refractivity contribution in [2.24, 2.45) is 4.99 Å². The topological polar surface area (TPSA) is 58.5 Å². The third-order valence-electron chi connectivity index (χ3n) is 3.42.